The molecule has 4 rings (SSSR count). The molecule has 35 heavy (non-hydrogen) atoms. The Morgan fingerprint density at radius 1 is 1.03 bits per heavy atom. The minimum Gasteiger partial charge on any atom is -0.457 e. The van der Waals surface area contributed by atoms with Gasteiger partial charge in [-0.2, -0.15) is 0 Å². The molecule has 0 fully saturated rings. The van der Waals surface area contributed by atoms with E-state index in [-0.39, 0.29) is 5.70 Å². The number of benzene rings is 2. The third-order valence-electron chi connectivity index (χ3n) is 5.08. The fraction of sp³-hybridized carbons (Fsp3) is 0.115. The molecule has 0 bridgehead atoms. The van der Waals surface area contributed by atoms with E-state index in [1.165, 1.54) is 6.08 Å². The number of aromatic nitrogens is 2. The van der Waals surface area contributed by atoms with Crippen LogP contribution in [0.25, 0.3) is 17.4 Å². The van der Waals surface area contributed by atoms with Gasteiger partial charge in [-0.3, -0.25) is 9.59 Å². The molecule has 4 aromatic rings. The number of nitrogens with zero attached hydrogens (tertiary/aromatic N) is 2. The fourth-order valence-electron chi connectivity index (χ4n) is 3.30. The minimum atomic E-state index is -0.424. The summed E-state index contributed by atoms with van der Waals surface area (Å²) in [5.41, 5.74) is 1.23. The highest BCUT2D eigenvalue weighted by Gasteiger charge is 2.16. The predicted octanol–water partition coefficient (Wildman–Crippen LogP) is 5.43. The number of aryl methyl sites for hydroxylation is 1. The van der Waals surface area contributed by atoms with Gasteiger partial charge >= 0.3 is 0 Å². The molecule has 9 heteroatoms. The van der Waals surface area contributed by atoms with Gasteiger partial charge in [0.15, 0.2) is 0 Å². The SMILES string of the molecule is O=C(NCCCn1ccnc1)/C(=C\c1ccc(-c2ccc(Cl)c(Cl)c2)o1)NC(=O)c1ccccc1. The van der Waals surface area contributed by atoms with Crippen LogP contribution in [-0.4, -0.2) is 27.9 Å². The largest absolute Gasteiger partial charge is 0.457 e. The van der Waals surface area contributed by atoms with Gasteiger partial charge < -0.3 is 19.6 Å². The summed E-state index contributed by atoms with van der Waals surface area (Å²) < 4.78 is 7.81. The van der Waals surface area contributed by atoms with E-state index in [9.17, 15) is 9.59 Å². The van der Waals surface area contributed by atoms with E-state index >= 15 is 0 Å². The Bertz CT molecular complexity index is 1330. The summed E-state index contributed by atoms with van der Waals surface area (Å²) in [4.78, 5) is 29.7. The van der Waals surface area contributed by atoms with Gasteiger partial charge in [-0.25, -0.2) is 4.98 Å². The maximum atomic E-state index is 12.9. The Labute approximate surface area is 212 Å². The summed E-state index contributed by atoms with van der Waals surface area (Å²) in [5.74, 6) is 0.112. The molecule has 0 aliphatic heterocycles. The van der Waals surface area contributed by atoms with Gasteiger partial charge in [0.2, 0.25) is 0 Å². The maximum Gasteiger partial charge on any atom is 0.267 e. The molecule has 0 radical (unpaired) electrons. The number of halogens is 2. The van der Waals surface area contributed by atoms with E-state index in [4.69, 9.17) is 27.6 Å². The van der Waals surface area contributed by atoms with E-state index in [1.54, 1.807) is 67.1 Å². The van der Waals surface area contributed by atoms with Gasteiger partial charge in [0.05, 0.1) is 16.4 Å². The van der Waals surface area contributed by atoms with Crippen LogP contribution in [0.3, 0.4) is 0 Å². The summed E-state index contributed by atoms with van der Waals surface area (Å²) in [5, 5.41) is 6.39. The lowest BCUT2D eigenvalue weighted by molar-refractivity contribution is -0.117. The second kappa shape index (κ2) is 11.6. The predicted molar refractivity (Wildman–Crippen MR) is 136 cm³/mol. The number of hydrogen-bond acceptors (Lipinski definition) is 4. The lowest BCUT2D eigenvalue weighted by atomic mass is 10.2. The number of carbonyl (C=O) groups is 2. The summed E-state index contributed by atoms with van der Waals surface area (Å²) in [7, 11) is 0. The van der Waals surface area contributed by atoms with Gasteiger partial charge in [0.25, 0.3) is 11.8 Å². The lowest BCUT2D eigenvalue weighted by Gasteiger charge is -2.11. The van der Waals surface area contributed by atoms with E-state index in [1.807, 2.05) is 16.8 Å². The molecule has 2 heterocycles. The average molecular weight is 509 g/mol. The Morgan fingerprint density at radius 3 is 2.60 bits per heavy atom. The number of rotatable bonds is 9. The molecule has 0 aliphatic rings. The van der Waals surface area contributed by atoms with E-state index in [0.29, 0.717) is 46.6 Å². The maximum absolute atomic E-state index is 12.9. The van der Waals surface area contributed by atoms with Crippen molar-refractivity contribution in [2.24, 2.45) is 0 Å². The van der Waals surface area contributed by atoms with Crippen molar-refractivity contribution in [3.63, 3.8) is 0 Å². The summed E-state index contributed by atoms with van der Waals surface area (Å²) in [6, 6.07) is 17.3. The molecule has 0 spiro atoms. The first-order chi connectivity index (χ1) is 17.0. The van der Waals surface area contributed by atoms with Crippen LogP contribution in [0.4, 0.5) is 0 Å². The zero-order valence-corrected chi connectivity index (χ0v) is 20.1. The molecule has 178 valence electrons. The Balaban J connectivity index is 1.51. The molecule has 0 atom stereocenters. The molecule has 0 saturated carbocycles. The third-order valence-corrected chi connectivity index (χ3v) is 5.82. The van der Waals surface area contributed by atoms with Crippen molar-refractivity contribution in [1.82, 2.24) is 20.2 Å². The Morgan fingerprint density at radius 2 is 1.86 bits per heavy atom. The molecule has 2 aromatic carbocycles. The van der Waals surface area contributed by atoms with E-state index in [0.717, 1.165) is 5.56 Å². The van der Waals surface area contributed by atoms with Gasteiger partial charge in [0.1, 0.15) is 17.2 Å². The van der Waals surface area contributed by atoms with Crippen LogP contribution in [0.2, 0.25) is 10.0 Å². The smallest absolute Gasteiger partial charge is 0.267 e. The monoisotopic (exact) mass is 508 g/mol. The lowest BCUT2D eigenvalue weighted by Crippen LogP contribution is -2.35. The topological polar surface area (TPSA) is 89.2 Å². The first kappa shape index (κ1) is 24.3. The van der Waals surface area contributed by atoms with Gasteiger partial charge in [-0.1, -0.05) is 41.4 Å². The van der Waals surface area contributed by atoms with Gasteiger partial charge in [0, 0.05) is 42.7 Å². The van der Waals surface area contributed by atoms with Crippen molar-refractivity contribution >= 4 is 41.1 Å². The molecule has 2 N–H and O–H groups in total. The zero-order chi connectivity index (χ0) is 24.6. The van der Waals surface area contributed by atoms with Crippen LogP contribution in [0.15, 0.2) is 89.5 Å². The first-order valence-electron chi connectivity index (χ1n) is 10.9. The van der Waals surface area contributed by atoms with Crippen LogP contribution in [0.5, 0.6) is 0 Å². The minimum absolute atomic E-state index is 0.0662. The first-order valence-corrected chi connectivity index (χ1v) is 11.6. The third kappa shape index (κ3) is 6.62. The van der Waals surface area contributed by atoms with Crippen molar-refractivity contribution in [2.75, 3.05) is 6.54 Å². The Hall–Kier alpha value is -3.81. The van der Waals surface area contributed by atoms with E-state index in [2.05, 4.69) is 15.6 Å². The Kier molecular flexibility index (Phi) is 8.03. The van der Waals surface area contributed by atoms with Crippen LogP contribution < -0.4 is 10.6 Å². The molecular weight excluding hydrogens is 487 g/mol. The van der Waals surface area contributed by atoms with E-state index < -0.39 is 11.8 Å². The zero-order valence-electron chi connectivity index (χ0n) is 18.6. The summed E-state index contributed by atoms with van der Waals surface area (Å²) in [6.07, 6.45) is 7.47. The van der Waals surface area contributed by atoms with Crippen molar-refractivity contribution in [1.29, 1.82) is 0 Å². The average Bonchev–Trinajstić information content (AvgIpc) is 3.56. The summed E-state index contributed by atoms with van der Waals surface area (Å²) in [6.45, 7) is 1.13. The second-order valence-electron chi connectivity index (χ2n) is 7.62. The normalized spacial score (nSPS) is 11.3. The summed E-state index contributed by atoms with van der Waals surface area (Å²) >= 11 is 12.1. The van der Waals surface area contributed by atoms with Crippen molar-refractivity contribution in [3.8, 4) is 11.3 Å². The quantitative estimate of drug-likeness (QED) is 0.233. The standard InChI is InChI=1S/C26H22Cl2N4O3/c27-21-9-7-19(15-22(21)28)24-10-8-20(35-24)16-23(31-25(33)18-5-2-1-3-6-18)26(34)30-11-4-13-32-14-12-29-17-32/h1-3,5-10,12,14-17H,4,11,13H2,(H,30,34)(H,31,33)/b23-16+. The molecule has 2 aromatic heterocycles. The number of furan rings is 1. The number of carbonyl (C=O) groups excluding carboxylic acids is 2. The van der Waals surface area contributed by atoms with Crippen LogP contribution in [0, 0.1) is 0 Å². The fourth-order valence-corrected chi connectivity index (χ4v) is 3.60. The molecule has 7 nitrogen and oxygen atoms in total. The van der Waals surface area contributed by atoms with Gasteiger partial charge in [-0.05, 0) is 48.9 Å². The number of nitrogens with one attached hydrogen (secondary N) is 2. The van der Waals surface area contributed by atoms with Crippen molar-refractivity contribution < 1.29 is 14.0 Å². The van der Waals surface area contributed by atoms with Crippen LogP contribution >= 0.6 is 23.2 Å². The van der Waals surface area contributed by atoms with Crippen molar-refractivity contribution in [3.05, 3.63) is 106 Å². The highest BCUT2D eigenvalue weighted by Crippen LogP contribution is 2.30. The number of amides is 2. The molecule has 0 unspecified atom stereocenters. The van der Waals surface area contributed by atoms with Crippen LogP contribution in [0.1, 0.15) is 22.5 Å². The number of imidazole rings is 1. The molecular formula is C26H22Cl2N4O3. The molecule has 0 aliphatic carbocycles. The second-order valence-corrected chi connectivity index (χ2v) is 8.43. The van der Waals surface area contributed by atoms with Crippen LogP contribution in [-0.2, 0) is 11.3 Å². The van der Waals surface area contributed by atoms with Gasteiger partial charge in [-0.15, -0.1) is 0 Å². The van der Waals surface area contributed by atoms with Crippen molar-refractivity contribution in [2.45, 2.75) is 13.0 Å². The number of hydrogen-bond donors (Lipinski definition) is 2. The molecule has 2 amide bonds. The highest BCUT2D eigenvalue weighted by atomic mass is 35.5. The molecule has 0 saturated heterocycles. The highest BCUT2D eigenvalue weighted by molar-refractivity contribution is 6.42.